The van der Waals surface area contributed by atoms with Crippen LogP contribution in [-0.4, -0.2) is 33.0 Å². The van der Waals surface area contributed by atoms with E-state index in [1.807, 2.05) is 30.3 Å². The van der Waals surface area contributed by atoms with Crippen molar-refractivity contribution in [1.82, 2.24) is 0 Å². The zero-order valence-corrected chi connectivity index (χ0v) is 24.9. The summed E-state index contributed by atoms with van der Waals surface area (Å²) in [6.45, 7) is 1.08. The molecule has 0 aliphatic heterocycles. The van der Waals surface area contributed by atoms with Gasteiger partial charge in [0.2, 0.25) is 0 Å². The third kappa shape index (κ3) is 7.20. The van der Waals surface area contributed by atoms with Crippen molar-refractivity contribution in [3.8, 4) is 16.9 Å². The molecule has 3 aromatic rings. The van der Waals surface area contributed by atoms with E-state index < -0.39 is 15.8 Å². The topological polar surface area (TPSA) is 95.5 Å². The Morgan fingerprint density at radius 1 is 1.00 bits per heavy atom. The number of anilines is 1. The fourth-order valence-electron chi connectivity index (χ4n) is 5.19. The van der Waals surface area contributed by atoms with Crippen LogP contribution in [0.4, 0.5) is 5.69 Å². The molecular weight excluding hydrogens is 509 g/mol. The molecule has 1 N–H and O–H groups in total. The molecule has 1 saturated carbocycles. The zero-order valence-electron chi connectivity index (χ0n) is 22.0. The van der Waals surface area contributed by atoms with Gasteiger partial charge in [0.1, 0.15) is 15.6 Å². The van der Waals surface area contributed by atoms with Crippen molar-refractivity contribution in [2.45, 2.75) is 44.6 Å². The summed E-state index contributed by atoms with van der Waals surface area (Å²) in [5.74, 6) is -0.291. The fourth-order valence-corrected chi connectivity index (χ4v) is 5.83. The van der Waals surface area contributed by atoms with Crippen LogP contribution in [0, 0.1) is 5.92 Å². The summed E-state index contributed by atoms with van der Waals surface area (Å²) in [4.78, 5) is 11.0. The van der Waals surface area contributed by atoms with Gasteiger partial charge in [0.25, 0.3) is 0 Å². The van der Waals surface area contributed by atoms with Gasteiger partial charge in [-0.05, 0) is 102 Å². The molecule has 2 atom stereocenters. The van der Waals surface area contributed by atoms with Gasteiger partial charge in [-0.2, -0.15) is 0 Å². The molecule has 38 heavy (non-hydrogen) atoms. The third-order valence-electron chi connectivity index (χ3n) is 7.29. The fraction of sp³-hybridized carbons (Fsp3) is 0.367. The second-order valence-electron chi connectivity index (χ2n) is 10.2. The molecule has 0 unspecified atom stereocenters. The smallest absolute Gasteiger partial charge is 0.550 e. The average Bonchev–Trinajstić information content (AvgIpc) is 3.69. The number of nitrogens with one attached hydrogen (secondary N) is 1. The van der Waals surface area contributed by atoms with Crippen molar-refractivity contribution in [2.75, 3.05) is 23.9 Å². The van der Waals surface area contributed by atoms with E-state index in [1.54, 1.807) is 0 Å². The molecule has 0 amide bonds. The number of aliphatic carboxylic acids is 1. The summed E-state index contributed by atoms with van der Waals surface area (Å²) < 4.78 is 28.5. The number of carbonyl (C=O) groups excluding carboxylic acids is 1. The van der Waals surface area contributed by atoms with Crippen molar-refractivity contribution in [3.05, 3.63) is 82.9 Å². The van der Waals surface area contributed by atoms with Gasteiger partial charge < -0.3 is 20.0 Å². The van der Waals surface area contributed by atoms with Crippen molar-refractivity contribution in [3.63, 3.8) is 0 Å². The summed E-state index contributed by atoms with van der Waals surface area (Å²) >= 11 is 0. The van der Waals surface area contributed by atoms with Gasteiger partial charge in [-0.1, -0.05) is 30.3 Å². The van der Waals surface area contributed by atoms with Crippen molar-refractivity contribution in [1.29, 1.82) is 0 Å². The Balaban J connectivity index is 0.00000336. The summed E-state index contributed by atoms with van der Waals surface area (Å²) in [6, 6.07) is 20.9. The van der Waals surface area contributed by atoms with E-state index in [2.05, 4.69) is 35.6 Å². The zero-order chi connectivity index (χ0) is 26.0. The molecule has 0 heterocycles. The summed E-state index contributed by atoms with van der Waals surface area (Å²) in [7, 11) is -2.97. The molecule has 0 saturated heterocycles. The quantitative estimate of drug-likeness (QED) is 0.306. The largest absolute Gasteiger partial charge is 1.00 e. The number of ether oxygens (including phenoxy) is 1. The monoisotopic (exact) mass is 541 g/mol. The van der Waals surface area contributed by atoms with Crippen LogP contribution in [0.1, 0.15) is 47.4 Å². The molecule has 0 radical (unpaired) electrons. The first-order valence-corrected chi connectivity index (χ1v) is 14.9. The molecule has 194 valence electrons. The molecule has 8 heteroatoms. The SMILES string of the molecule is CS(=O)(=O)CCCOc1ccc2c(c1)CCCc1ccc(CNc3ccc([C@H]4C[C@@H]4C(=O)[O-])cc3)cc1-2.[Na+]. The van der Waals surface area contributed by atoms with Crippen LogP contribution in [0.15, 0.2) is 60.7 Å². The molecule has 6 nitrogen and oxygen atoms in total. The van der Waals surface area contributed by atoms with E-state index in [0.29, 0.717) is 26.0 Å². The second kappa shape index (κ2) is 12.2. The molecule has 3 aromatic carbocycles. The van der Waals surface area contributed by atoms with Crippen LogP contribution < -0.4 is 44.7 Å². The molecule has 0 aromatic heterocycles. The van der Waals surface area contributed by atoms with Crippen LogP contribution in [0.2, 0.25) is 0 Å². The van der Waals surface area contributed by atoms with Crippen molar-refractivity contribution in [2.24, 2.45) is 5.92 Å². The van der Waals surface area contributed by atoms with Crippen LogP contribution >= 0.6 is 0 Å². The first kappa shape index (κ1) is 28.7. The average molecular weight is 542 g/mol. The second-order valence-corrected chi connectivity index (χ2v) is 12.5. The first-order chi connectivity index (χ1) is 17.8. The molecule has 0 spiro atoms. The Hall–Kier alpha value is -2.32. The molecule has 5 rings (SSSR count). The van der Waals surface area contributed by atoms with Gasteiger partial charge in [0.05, 0.1) is 12.4 Å². The Bertz CT molecular complexity index is 1400. The van der Waals surface area contributed by atoms with E-state index in [9.17, 15) is 18.3 Å². The van der Waals surface area contributed by atoms with Gasteiger partial charge >= 0.3 is 29.6 Å². The van der Waals surface area contributed by atoms with Crippen LogP contribution in [0.25, 0.3) is 11.1 Å². The number of hydrogen-bond donors (Lipinski definition) is 1. The summed E-state index contributed by atoms with van der Waals surface area (Å²) in [6.07, 6.45) is 5.47. The number of carboxylic acids is 1. The van der Waals surface area contributed by atoms with Crippen molar-refractivity contribution >= 4 is 21.5 Å². The molecule has 2 aliphatic carbocycles. The van der Waals surface area contributed by atoms with Crippen LogP contribution in [0.5, 0.6) is 5.75 Å². The Kier molecular flexibility index (Phi) is 9.24. The molecule has 0 bridgehead atoms. The van der Waals surface area contributed by atoms with Gasteiger partial charge in [0.15, 0.2) is 0 Å². The Labute approximate surface area is 247 Å². The summed E-state index contributed by atoms with van der Waals surface area (Å²) in [5, 5.41) is 14.5. The maximum atomic E-state index is 11.3. The number of aryl methyl sites for hydroxylation is 2. The maximum absolute atomic E-state index is 11.3. The number of hydrogen-bond acceptors (Lipinski definition) is 6. The number of carbonyl (C=O) groups is 1. The first-order valence-electron chi connectivity index (χ1n) is 12.9. The van der Waals surface area contributed by atoms with E-state index in [1.165, 1.54) is 34.1 Å². The van der Waals surface area contributed by atoms with Gasteiger partial charge in [-0.15, -0.1) is 0 Å². The summed E-state index contributed by atoms with van der Waals surface area (Å²) in [5.41, 5.74) is 8.34. The molecular formula is C30H32NNaO5S. The maximum Gasteiger partial charge on any atom is 1.00 e. The standard InChI is InChI=1S/C30H33NO5S.Na/c1-37(34,35)15-3-14-36-25-12-13-26-23(17-25)5-2-4-21-7-6-20(16-27(21)26)19-31-24-10-8-22(9-11-24)28-18-29(28)30(32)33;/h6-13,16-17,28-29,31H,2-5,14-15,18-19H2,1H3,(H,32,33);/q;+1/p-1/t28-,29+;/m1./s1. The number of fused-ring (bicyclic) bond motifs is 3. The van der Waals surface area contributed by atoms with Gasteiger partial charge in [-0.3, -0.25) is 0 Å². The number of carboxylic acid groups (broad SMARTS) is 1. The predicted octanol–water partition coefficient (Wildman–Crippen LogP) is 1.13. The number of sulfone groups is 1. The van der Waals surface area contributed by atoms with Gasteiger partial charge in [-0.25, -0.2) is 8.42 Å². The van der Waals surface area contributed by atoms with Gasteiger partial charge in [0, 0.05) is 30.4 Å². The van der Waals surface area contributed by atoms with Crippen LogP contribution in [0.3, 0.4) is 0 Å². The van der Waals surface area contributed by atoms with E-state index >= 15 is 0 Å². The Morgan fingerprint density at radius 3 is 2.47 bits per heavy atom. The minimum atomic E-state index is -2.97. The van der Waals surface area contributed by atoms with Crippen LogP contribution in [-0.2, 0) is 34.0 Å². The Morgan fingerprint density at radius 2 is 1.76 bits per heavy atom. The van der Waals surface area contributed by atoms with E-state index in [0.717, 1.165) is 36.3 Å². The third-order valence-corrected chi connectivity index (χ3v) is 8.32. The van der Waals surface area contributed by atoms with E-state index in [-0.39, 0.29) is 47.1 Å². The predicted molar refractivity (Wildman–Crippen MR) is 143 cm³/mol. The number of rotatable bonds is 10. The minimum Gasteiger partial charge on any atom is -0.550 e. The normalized spacial score (nSPS) is 17.8. The number of benzene rings is 3. The molecule has 2 aliphatic rings. The van der Waals surface area contributed by atoms with Crippen molar-refractivity contribution < 1.29 is 52.6 Å². The molecule has 1 fully saturated rings. The minimum absolute atomic E-state index is 0. The van der Waals surface area contributed by atoms with E-state index in [4.69, 9.17) is 4.74 Å².